The average Bonchev–Trinajstić information content (AvgIpc) is 2.63. The van der Waals surface area contributed by atoms with E-state index in [0.717, 1.165) is 29.4 Å². The smallest absolute Gasteiger partial charge is 0.399 e. The van der Waals surface area contributed by atoms with Crippen LogP contribution in [0.5, 0.6) is 0 Å². The molecule has 0 bridgehead atoms. The van der Waals surface area contributed by atoms with E-state index in [-0.39, 0.29) is 24.2 Å². The third kappa shape index (κ3) is 3.38. The minimum atomic E-state index is -0.354. The van der Waals surface area contributed by atoms with Crippen LogP contribution in [0.3, 0.4) is 0 Å². The summed E-state index contributed by atoms with van der Waals surface area (Å²) in [4.78, 5) is 12.1. The van der Waals surface area contributed by atoms with Crippen LogP contribution in [0.2, 0.25) is 0 Å². The number of hydrogen-bond acceptors (Lipinski definition) is 3. The van der Waals surface area contributed by atoms with Crippen LogP contribution in [0.4, 0.5) is 0 Å². The van der Waals surface area contributed by atoms with Crippen molar-refractivity contribution in [2.45, 2.75) is 77.5 Å². The molecule has 1 N–H and O–H groups in total. The lowest BCUT2D eigenvalue weighted by Crippen LogP contribution is -2.41. The fourth-order valence-electron chi connectivity index (χ4n) is 3.10. The van der Waals surface area contributed by atoms with E-state index in [1.807, 2.05) is 19.1 Å². The van der Waals surface area contributed by atoms with Gasteiger partial charge in [0.25, 0.3) is 0 Å². The Labute approximate surface area is 145 Å². The van der Waals surface area contributed by atoms with Gasteiger partial charge in [-0.05, 0) is 64.9 Å². The van der Waals surface area contributed by atoms with E-state index in [2.05, 4.69) is 39.1 Å². The van der Waals surface area contributed by atoms with Gasteiger partial charge in [0.05, 0.1) is 17.6 Å². The molecule has 1 aromatic rings. The molecule has 1 aromatic carbocycles. The zero-order valence-electron chi connectivity index (χ0n) is 15.4. The Hall–Kier alpha value is -1.33. The average molecular weight is 329 g/mol. The van der Waals surface area contributed by atoms with Crippen molar-refractivity contribution in [2.75, 3.05) is 0 Å². The fraction of sp³-hybridized carbons (Fsp3) is 0.632. The van der Waals surface area contributed by atoms with Crippen molar-refractivity contribution in [2.24, 2.45) is 0 Å². The Morgan fingerprint density at radius 2 is 1.83 bits per heavy atom. The maximum atomic E-state index is 12.1. The topological polar surface area (TPSA) is 47.6 Å². The molecule has 2 fully saturated rings. The predicted octanol–water partition coefficient (Wildman–Crippen LogP) is 2.51. The molecule has 3 rings (SSSR count). The molecule has 0 radical (unpaired) electrons. The molecule has 0 unspecified atom stereocenters. The van der Waals surface area contributed by atoms with Gasteiger partial charge in [-0.15, -0.1) is 0 Å². The predicted molar refractivity (Wildman–Crippen MR) is 96.4 cm³/mol. The first kappa shape index (κ1) is 17.5. The second-order valence-corrected chi connectivity index (χ2v) is 8.15. The van der Waals surface area contributed by atoms with E-state index in [1.54, 1.807) is 0 Å². The summed E-state index contributed by atoms with van der Waals surface area (Å²) in [7, 11) is -0.354. The summed E-state index contributed by atoms with van der Waals surface area (Å²) in [5, 5.41) is 3.09. The van der Waals surface area contributed by atoms with Gasteiger partial charge in [0.2, 0.25) is 5.91 Å². The number of carbonyl (C=O) groups is 1. The maximum Gasteiger partial charge on any atom is 0.495 e. The lowest BCUT2D eigenvalue weighted by atomic mass is 9.75. The normalized spacial score (nSPS) is 22.3. The van der Waals surface area contributed by atoms with Crippen LogP contribution in [0.1, 0.15) is 58.1 Å². The van der Waals surface area contributed by atoms with Gasteiger partial charge in [0.1, 0.15) is 0 Å². The van der Waals surface area contributed by atoms with Crippen molar-refractivity contribution in [3.8, 4) is 0 Å². The van der Waals surface area contributed by atoms with Gasteiger partial charge in [0.15, 0.2) is 0 Å². The highest BCUT2D eigenvalue weighted by atomic mass is 16.7. The Morgan fingerprint density at radius 3 is 2.33 bits per heavy atom. The third-order valence-electron chi connectivity index (χ3n) is 5.68. The first-order valence-electron chi connectivity index (χ1n) is 8.92. The fourth-order valence-corrected chi connectivity index (χ4v) is 3.10. The number of hydrogen-bond donors (Lipinski definition) is 1. The zero-order valence-corrected chi connectivity index (χ0v) is 15.4. The largest absolute Gasteiger partial charge is 0.495 e. The van der Waals surface area contributed by atoms with Crippen LogP contribution >= 0.6 is 0 Å². The third-order valence-corrected chi connectivity index (χ3v) is 5.68. The molecule has 1 aliphatic heterocycles. The number of amides is 1. The summed E-state index contributed by atoms with van der Waals surface area (Å²) >= 11 is 0. The second-order valence-electron chi connectivity index (χ2n) is 8.15. The Kier molecular flexibility index (Phi) is 4.52. The standard InChI is InChI=1S/C19H28BNO3/c1-13-11-14(12-17(22)21-15-7-6-8-15)9-10-16(13)20-23-18(2,3)19(4,5)24-20/h9-11,15H,6-8,12H2,1-5H3,(H,21,22). The Bertz CT molecular complexity index is 621. The van der Waals surface area contributed by atoms with Crippen molar-refractivity contribution in [1.82, 2.24) is 5.32 Å². The molecule has 24 heavy (non-hydrogen) atoms. The molecule has 4 nitrogen and oxygen atoms in total. The number of aryl methyl sites for hydroxylation is 1. The highest BCUT2D eigenvalue weighted by molar-refractivity contribution is 6.62. The van der Waals surface area contributed by atoms with E-state index in [4.69, 9.17) is 9.31 Å². The van der Waals surface area contributed by atoms with Gasteiger partial charge >= 0.3 is 7.12 Å². The SMILES string of the molecule is Cc1cc(CC(=O)NC2CCC2)ccc1B1OC(C)(C)C(C)(C)O1. The van der Waals surface area contributed by atoms with E-state index in [9.17, 15) is 4.79 Å². The van der Waals surface area contributed by atoms with Gasteiger partial charge in [-0.1, -0.05) is 23.8 Å². The summed E-state index contributed by atoms with van der Waals surface area (Å²) in [5.41, 5.74) is 2.49. The summed E-state index contributed by atoms with van der Waals surface area (Å²) < 4.78 is 12.3. The lowest BCUT2D eigenvalue weighted by Gasteiger charge is -2.32. The van der Waals surface area contributed by atoms with E-state index in [0.29, 0.717) is 12.5 Å². The molecule has 1 amide bonds. The van der Waals surface area contributed by atoms with Crippen LogP contribution < -0.4 is 10.8 Å². The molecule has 2 aliphatic rings. The monoisotopic (exact) mass is 329 g/mol. The van der Waals surface area contributed by atoms with Gasteiger partial charge < -0.3 is 14.6 Å². The van der Waals surface area contributed by atoms with Crippen LogP contribution in [0.15, 0.2) is 18.2 Å². The van der Waals surface area contributed by atoms with Crippen molar-refractivity contribution in [1.29, 1.82) is 0 Å². The van der Waals surface area contributed by atoms with Crippen molar-refractivity contribution in [3.05, 3.63) is 29.3 Å². The molecule has 130 valence electrons. The van der Waals surface area contributed by atoms with Gasteiger partial charge in [-0.3, -0.25) is 4.79 Å². The summed E-state index contributed by atoms with van der Waals surface area (Å²) in [6, 6.07) is 6.50. The molecular formula is C19H28BNO3. The molecule has 0 atom stereocenters. The number of nitrogens with one attached hydrogen (secondary N) is 1. The highest BCUT2D eigenvalue weighted by Crippen LogP contribution is 2.36. The molecule has 1 saturated carbocycles. The van der Waals surface area contributed by atoms with E-state index < -0.39 is 0 Å². The van der Waals surface area contributed by atoms with Gasteiger partial charge in [-0.2, -0.15) is 0 Å². The molecule has 1 aliphatic carbocycles. The summed E-state index contributed by atoms with van der Waals surface area (Å²) in [6.45, 7) is 10.3. The Balaban J connectivity index is 1.68. The molecule has 0 spiro atoms. The van der Waals surface area contributed by atoms with Crippen LogP contribution in [-0.2, 0) is 20.5 Å². The molecule has 1 heterocycles. The molecule has 1 saturated heterocycles. The molecule has 5 heteroatoms. The number of benzene rings is 1. The van der Waals surface area contributed by atoms with Crippen molar-refractivity contribution < 1.29 is 14.1 Å². The number of carbonyl (C=O) groups excluding carboxylic acids is 1. The molecule has 0 aromatic heterocycles. The van der Waals surface area contributed by atoms with Gasteiger partial charge in [-0.25, -0.2) is 0 Å². The van der Waals surface area contributed by atoms with E-state index in [1.165, 1.54) is 6.42 Å². The number of rotatable bonds is 4. The highest BCUT2D eigenvalue weighted by Gasteiger charge is 2.52. The minimum absolute atomic E-state index is 0.113. The minimum Gasteiger partial charge on any atom is -0.399 e. The first-order chi connectivity index (χ1) is 11.2. The molecular weight excluding hydrogens is 301 g/mol. The summed E-state index contributed by atoms with van der Waals surface area (Å²) in [6.07, 6.45) is 3.89. The zero-order chi connectivity index (χ0) is 17.5. The van der Waals surface area contributed by atoms with Crippen LogP contribution in [-0.4, -0.2) is 30.3 Å². The van der Waals surface area contributed by atoms with E-state index >= 15 is 0 Å². The Morgan fingerprint density at radius 1 is 1.21 bits per heavy atom. The quantitative estimate of drug-likeness (QED) is 0.864. The van der Waals surface area contributed by atoms with Crippen LogP contribution in [0.25, 0.3) is 0 Å². The lowest BCUT2D eigenvalue weighted by molar-refractivity contribution is -0.121. The first-order valence-corrected chi connectivity index (χ1v) is 8.92. The summed E-state index contributed by atoms with van der Waals surface area (Å²) in [5.74, 6) is 0.113. The van der Waals surface area contributed by atoms with Crippen molar-refractivity contribution in [3.63, 3.8) is 0 Å². The van der Waals surface area contributed by atoms with Gasteiger partial charge in [0, 0.05) is 6.04 Å². The second kappa shape index (κ2) is 6.19. The van der Waals surface area contributed by atoms with Crippen molar-refractivity contribution >= 4 is 18.5 Å². The van der Waals surface area contributed by atoms with Crippen LogP contribution in [0, 0.1) is 6.92 Å². The maximum absolute atomic E-state index is 12.1.